The second kappa shape index (κ2) is 7.07. The van der Waals surface area contributed by atoms with Crippen LogP contribution < -0.4 is 22.1 Å². The molecule has 3 heterocycles. The number of imidazole rings is 1. The fourth-order valence-corrected chi connectivity index (χ4v) is 2.74. The van der Waals surface area contributed by atoms with Crippen LogP contribution in [0.2, 0.25) is 0 Å². The van der Waals surface area contributed by atoms with Gasteiger partial charge in [-0.2, -0.15) is 13.2 Å². The van der Waals surface area contributed by atoms with Gasteiger partial charge in [0.25, 0.3) is 11.1 Å². The average Bonchev–Trinajstić information content (AvgIpc) is 3.08. The molecule has 0 aliphatic carbocycles. The van der Waals surface area contributed by atoms with Gasteiger partial charge in [-0.3, -0.25) is 23.5 Å². The van der Waals surface area contributed by atoms with Crippen LogP contribution in [0.1, 0.15) is 12.1 Å². The number of halogens is 3. The number of amides is 1. The molecule has 0 unspecified atom stereocenters. The molecule has 3 rings (SSSR count). The van der Waals surface area contributed by atoms with Gasteiger partial charge in [-0.1, -0.05) is 0 Å². The number of fused-ring (bicyclic) bond motifs is 1. The van der Waals surface area contributed by atoms with Gasteiger partial charge in [-0.15, -0.1) is 0 Å². The van der Waals surface area contributed by atoms with Crippen LogP contribution in [0.5, 0.6) is 0 Å². The van der Waals surface area contributed by atoms with Crippen molar-refractivity contribution < 1.29 is 18.0 Å². The normalized spacial score (nSPS) is 11.8. The van der Waals surface area contributed by atoms with Crippen molar-refractivity contribution in [2.45, 2.75) is 19.1 Å². The Morgan fingerprint density at radius 2 is 1.86 bits per heavy atom. The molecule has 0 bridgehead atoms. The van der Waals surface area contributed by atoms with Gasteiger partial charge in [-0.25, -0.2) is 9.78 Å². The van der Waals surface area contributed by atoms with E-state index in [9.17, 15) is 32.3 Å². The highest BCUT2D eigenvalue weighted by atomic mass is 19.4. The van der Waals surface area contributed by atoms with Crippen molar-refractivity contribution in [1.29, 1.82) is 0 Å². The molecule has 0 aliphatic heterocycles. The number of carbonyl (C=O) groups excluding carboxylic acids is 1. The average molecular weight is 412 g/mol. The highest BCUT2D eigenvalue weighted by Gasteiger charge is 2.32. The largest absolute Gasteiger partial charge is 0.431 e. The van der Waals surface area contributed by atoms with Crippen LogP contribution in [0.15, 0.2) is 32.8 Å². The summed E-state index contributed by atoms with van der Waals surface area (Å²) in [6.45, 7) is -0.00564. The van der Waals surface area contributed by atoms with E-state index >= 15 is 0 Å². The van der Waals surface area contributed by atoms with E-state index in [4.69, 9.17) is 0 Å². The first-order chi connectivity index (χ1) is 13.5. The van der Waals surface area contributed by atoms with Crippen LogP contribution in [0, 0.1) is 0 Å². The zero-order valence-corrected chi connectivity index (χ0v) is 15.2. The van der Waals surface area contributed by atoms with Gasteiger partial charge in [0.2, 0.25) is 5.91 Å². The summed E-state index contributed by atoms with van der Waals surface area (Å²) in [5.74, 6) is -0.654. The Kier molecular flexibility index (Phi) is 4.90. The fourth-order valence-electron chi connectivity index (χ4n) is 2.74. The number of rotatable bonds is 4. The number of hydrogen-bond acceptors (Lipinski definition) is 5. The van der Waals surface area contributed by atoms with Crippen LogP contribution >= 0.6 is 0 Å². The zero-order chi connectivity index (χ0) is 21.5. The number of nitrogens with one attached hydrogen (secondary N) is 2. The molecule has 154 valence electrons. The lowest BCUT2D eigenvalue weighted by atomic mass is 10.3. The highest BCUT2D eigenvalue weighted by Crippen LogP contribution is 2.26. The Balaban J connectivity index is 1.78. The van der Waals surface area contributed by atoms with E-state index in [1.165, 1.54) is 29.6 Å². The molecule has 2 N–H and O–H groups in total. The number of H-pyrrole nitrogens is 1. The minimum Gasteiger partial charge on any atom is -0.324 e. The lowest BCUT2D eigenvalue weighted by Gasteiger charge is -2.09. The number of aromatic nitrogens is 5. The van der Waals surface area contributed by atoms with Crippen molar-refractivity contribution in [3.63, 3.8) is 0 Å². The standard InChI is InChI=1S/C16H15F3N6O4/c1-23-12-11(14(28)24(2)15(23)29)25(7-20-12)6-5-10(26)21-8-3-4-9(16(17,18)19)22-13(8)27/h3-4,7H,5-6H2,1-2H3,(H,21,26)(H,22,27). The predicted molar refractivity (Wildman–Crippen MR) is 95.5 cm³/mol. The van der Waals surface area contributed by atoms with Gasteiger partial charge in [0.05, 0.1) is 6.33 Å². The summed E-state index contributed by atoms with van der Waals surface area (Å²) in [5.41, 5.74) is -3.52. The molecular weight excluding hydrogens is 397 g/mol. The number of pyridine rings is 1. The Hall–Kier alpha value is -3.64. The molecular formula is C16H15F3N6O4. The van der Waals surface area contributed by atoms with Crippen LogP contribution in [0.4, 0.5) is 18.9 Å². The molecule has 0 spiro atoms. The molecule has 3 aromatic heterocycles. The fraction of sp³-hybridized carbons (Fsp3) is 0.312. The first-order valence-corrected chi connectivity index (χ1v) is 8.22. The third-order valence-electron chi connectivity index (χ3n) is 4.29. The molecule has 3 aromatic rings. The monoisotopic (exact) mass is 412 g/mol. The van der Waals surface area contributed by atoms with Gasteiger partial charge in [-0.05, 0) is 12.1 Å². The van der Waals surface area contributed by atoms with Gasteiger partial charge in [0.15, 0.2) is 11.2 Å². The van der Waals surface area contributed by atoms with Crippen molar-refractivity contribution in [2.75, 3.05) is 5.32 Å². The Morgan fingerprint density at radius 1 is 1.17 bits per heavy atom. The van der Waals surface area contributed by atoms with Crippen molar-refractivity contribution >= 4 is 22.8 Å². The van der Waals surface area contributed by atoms with Crippen molar-refractivity contribution in [3.8, 4) is 0 Å². The van der Waals surface area contributed by atoms with Crippen molar-refractivity contribution in [3.05, 3.63) is 55.3 Å². The summed E-state index contributed by atoms with van der Waals surface area (Å²) >= 11 is 0. The molecule has 0 fully saturated rings. The number of hydrogen-bond donors (Lipinski definition) is 2. The van der Waals surface area contributed by atoms with Gasteiger partial charge < -0.3 is 14.9 Å². The minimum atomic E-state index is -4.71. The molecule has 0 radical (unpaired) electrons. The molecule has 10 nitrogen and oxygen atoms in total. The molecule has 0 saturated carbocycles. The lowest BCUT2D eigenvalue weighted by Crippen LogP contribution is -2.37. The summed E-state index contributed by atoms with van der Waals surface area (Å²) in [5, 5.41) is 2.22. The zero-order valence-electron chi connectivity index (χ0n) is 15.2. The minimum absolute atomic E-state index is 0.00564. The van der Waals surface area contributed by atoms with E-state index in [2.05, 4.69) is 10.3 Å². The summed E-state index contributed by atoms with van der Waals surface area (Å²) in [6, 6.07) is 1.50. The number of anilines is 1. The Bertz CT molecular complexity index is 1280. The summed E-state index contributed by atoms with van der Waals surface area (Å²) in [7, 11) is 2.76. The van der Waals surface area contributed by atoms with Crippen LogP contribution in [0.25, 0.3) is 11.2 Å². The van der Waals surface area contributed by atoms with E-state index in [-0.39, 0.29) is 29.8 Å². The summed E-state index contributed by atoms with van der Waals surface area (Å²) < 4.78 is 41.2. The van der Waals surface area contributed by atoms with E-state index in [0.29, 0.717) is 6.07 Å². The van der Waals surface area contributed by atoms with Gasteiger partial charge in [0, 0.05) is 27.1 Å². The maximum Gasteiger partial charge on any atom is 0.431 e. The molecule has 1 amide bonds. The second-order valence-corrected chi connectivity index (χ2v) is 6.23. The number of aromatic amines is 1. The third kappa shape index (κ3) is 3.70. The third-order valence-corrected chi connectivity index (χ3v) is 4.29. The second-order valence-electron chi connectivity index (χ2n) is 6.23. The predicted octanol–water partition coefficient (Wildman–Crippen LogP) is 0.170. The topological polar surface area (TPSA) is 124 Å². The molecule has 0 aromatic carbocycles. The van der Waals surface area contributed by atoms with E-state index in [1.807, 2.05) is 0 Å². The van der Waals surface area contributed by atoms with E-state index < -0.39 is 34.6 Å². The first-order valence-electron chi connectivity index (χ1n) is 8.22. The number of carbonyl (C=O) groups is 1. The summed E-state index contributed by atoms with van der Waals surface area (Å²) in [4.78, 5) is 53.7. The molecule has 29 heavy (non-hydrogen) atoms. The van der Waals surface area contributed by atoms with Crippen molar-refractivity contribution in [1.82, 2.24) is 23.7 Å². The smallest absolute Gasteiger partial charge is 0.324 e. The Labute approximate surface area is 159 Å². The maximum atomic E-state index is 12.6. The number of alkyl halides is 3. The van der Waals surface area contributed by atoms with Crippen LogP contribution in [0.3, 0.4) is 0 Å². The van der Waals surface area contributed by atoms with Crippen LogP contribution in [-0.4, -0.2) is 29.6 Å². The Morgan fingerprint density at radius 3 is 2.48 bits per heavy atom. The van der Waals surface area contributed by atoms with E-state index in [0.717, 1.165) is 10.6 Å². The molecule has 0 saturated heterocycles. The maximum absolute atomic E-state index is 12.6. The molecule has 13 heteroatoms. The lowest BCUT2D eigenvalue weighted by molar-refractivity contribution is -0.141. The van der Waals surface area contributed by atoms with Crippen LogP contribution in [-0.2, 0) is 31.6 Å². The summed E-state index contributed by atoms with van der Waals surface area (Å²) in [6.07, 6.45) is -3.61. The van der Waals surface area contributed by atoms with Gasteiger partial charge in [0.1, 0.15) is 11.4 Å². The van der Waals surface area contributed by atoms with E-state index in [1.54, 1.807) is 4.98 Å². The molecule has 0 atom stereocenters. The first kappa shape index (κ1) is 20.1. The van der Waals surface area contributed by atoms with Crippen molar-refractivity contribution in [2.24, 2.45) is 14.1 Å². The SMILES string of the molecule is Cn1c(=O)c2c(ncn2CCC(=O)Nc2ccc(C(F)(F)F)[nH]c2=O)n(C)c1=O. The molecule has 0 aliphatic rings. The number of nitrogens with zero attached hydrogens (tertiary/aromatic N) is 4. The van der Waals surface area contributed by atoms with Gasteiger partial charge >= 0.3 is 11.9 Å². The quantitative estimate of drug-likeness (QED) is 0.632. The highest BCUT2D eigenvalue weighted by molar-refractivity contribution is 5.90. The number of aryl methyl sites for hydroxylation is 2.